The predicted octanol–water partition coefficient (Wildman–Crippen LogP) is 4.74. The van der Waals surface area contributed by atoms with Crippen LogP contribution in [0.15, 0.2) is 64.5 Å². The van der Waals surface area contributed by atoms with E-state index in [9.17, 15) is 9.18 Å². The highest BCUT2D eigenvalue weighted by molar-refractivity contribution is 8.06. The van der Waals surface area contributed by atoms with Crippen LogP contribution in [0.1, 0.15) is 12.0 Å². The highest BCUT2D eigenvalue weighted by Gasteiger charge is 2.35. The van der Waals surface area contributed by atoms with Crippen molar-refractivity contribution in [3.8, 4) is 0 Å². The third-order valence-corrected chi connectivity index (χ3v) is 5.33. The van der Waals surface area contributed by atoms with E-state index in [0.29, 0.717) is 16.3 Å². The van der Waals surface area contributed by atoms with E-state index in [1.54, 1.807) is 0 Å². The zero-order chi connectivity index (χ0) is 18.3. The van der Waals surface area contributed by atoms with Crippen LogP contribution in [0.3, 0.4) is 0 Å². The monoisotopic (exact) mass is 385 g/mol. The molecule has 0 aliphatic carbocycles. The summed E-state index contributed by atoms with van der Waals surface area (Å²) in [5.41, 5.74) is 2.99. The molecule has 2 aliphatic heterocycles. The SMILES string of the molecule is N=C1/C(=C2\NC(c3ccc(Cl)cc3)=CS2)CC(=O)N1c1ccc(F)cc1. The Morgan fingerprint density at radius 1 is 1.12 bits per heavy atom. The second kappa shape index (κ2) is 6.63. The van der Waals surface area contributed by atoms with Crippen molar-refractivity contribution in [2.75, 3.05) is 4.90 Å². The lowest BCUT2D eigenvalue weighted by Crippen LogP contribution is -2.28. The normalized spacial score (nSPS) is 19.8. The van der Waals surface area contributed by atoms with Gasteiger partial charge in [0.25, 0.3) is 0 Å². The molecule has 2 aliphatic rings. The summed E-state index contributed by atoms with van der Waals surface area (Å²) in [6.07, 6.45) is 0.132. The quantitative estimate of drug-likeness (QED) is 0.785. The molecule has 1 fully saturated rings. The first-order valence-corrected chi connectivity index (χ1v) is 9.09. The van der Waals surface area contributed by atoms with Crippen LogP contribution in [0.4, 0.5) is 10.1 Å². The van der Waals surface area contributed by atoms with Crippen molar-refractivity contribution in [3.63, 3.8) is 0 Å². The van der Waals surface area contributed by atoms with Gasteiger partial charge in [-0.25, -0.2) is 4.39 Å². The van der Waals surface area contributed by atoms with Crippen molar-refractivity contribution in [1.82, 2.24) is 5.32 Å². The molecule has 0 bridgehead atoms. The van der Waals surface area contributed by atoms with Crippen molar-refractivity contribution >= 4 is 46.5 Å². The molecule has 1 saturated heterocycles. The van der Waals surface area contributed by atoms with Gasteiger partial charge in [0.2, 0.25) is 5.91 Å². The smallest absolute Gasteiger partial charge is 0.237 e. The van der Waals surface area contributed by atoms with E-state index in [4.69, 9.17) is 17.0 Å². The number of carbonyl (C=O) groups excluding carboxylic acids is 1. The average Bonchev–Trinajstić information content (AvgIpc) is 3.22. The maximum atomic E-state index is 13.1. The summed E-state index contributed by atoms with van der Waals surface area (Å²) in [6.45, 7) is 0. The number of benzene rings is 2. The van der Waals surface area contributed by atoms with Gasteiger partial charge in [-0.2, -0.15) is 0 Å². The van der Waals surface area contributed by atoms with Crippen LogP contribution >= 0.6 is 23.4 Å². The molecule has 2 aromatic carbocycles. The third-order valence-electron chi connectivity index (χ3n) is 4.14. The van der Waals surface area contributed by atoms with Gasteiger partial charge in [0, 0.05) is 16.0 Å². The zero-order valence-corrected chi connectivity index (χ0v) is 15.0. The maximum Gasteiger partial charge on any atom is 0.237 e. The van der Waals surface area contributed by atoms with Crippen molar-refractivity contribution in [2.24, 2.45) is 0 Å². The average molecular weight is 386 g/mol. The van der Waals surface area contributed by atoms with Gasteiger partial charge in [-0.3, -0.25) is 15.1 Å². The molecule has 0 radical (unpaired) electrons. The number of hydrogen-bond acceptors (Lipinski definition) is 4. The summed E-state index contributed by atoms with van der Waals surface area (Å²) in [5.74, 6) is -0.468. The topological polar surface area (TPSA) is 56.2 Å². The molecule has 4 nitrogen and oxygen atoms in total. The number of nitrogens with zero attached hydrogens (tertiary/aromatic N) is 1. The Balaban J connectivity index is 1.59. The van der Waals surface area contributed by atoms with Gasteiger partial charge in [0.1, 0.15) is 11.7 Å². The molecule has 0 spiro atoms. The minimum Gasteiger partial charge on any atom is -0.349 e. The molecule has 1 amide bonds. The number of rotatable bonds is 2. The van der Waals surface area contributed by atoms with Crippen LogP contribution in [-0.2, 0) is 4.79 Å². The molecule has 0 atom stereocenters. The summed E-state index contributed by atoms with van der Waals surface area (Å²) >= 11 is 7.37. The van der Waals surface area contributed by atoms with E-state index in [2.05, 4.69) is 5.32 Å². The highest BCUT2D eigenvalue weighted by atomic mass is 35.5. The minimum atomic E-state index is -0.379. The van der Waals surface area contributed by atoms with Gasteiger partial charge in [-0.05, 0) is 42.0 Å². The Bertz CT molecular complexity index is 967. The van der Waals surface area contributed by atoms with E-state index in [1.807, 2.05) is 29.7 Å². The van der Waals surface area contributed by atoms with Crippen molar-refractivity contribution in [1.29, 1.82) is 5.41 Å². The lowest BCUT2D eigenvalue weighted by Gasteiger charge is -2.16. The second-order valence-electron chi connectivity index (χ2n) is 5.82. The summed E-state index contributed by atoms with van der Waals surface area (Å²) in [6, 6.07) is 13.0. The van der Waals surface area contributed by atoms with Gasteiger partial charge < -0.3 is 5.32 Å². The number of amides is 1. The van der Waals surface area contributed by atoms with Gasteiger partial charge in [0.15, 0.2) is 0 Å². The summed E-state index contributed by atoms with van der Waals surface area (Å²) < 4.78 is 13.1. The van der Waals surface area contributed by atoms with E-state index in [1.165, 1.54) is 40.9 Å². The lowest BCUT2D eigenvalue weighted by molar-refractivity contribution is -0.116. The standard InChI is InChI=1S/C19H13ClFN3OS/c20-12-3-1-11(2-4-12)16-10-26-19(23-16)15-9-17(25)24(18(15)22)14-7-5-13(21)6-8-14/h1-8,10,22-23H,9H2/b19-15+,22-18?. The molecule has 130 valence electrons. The van der Waals surface area contributed by atoms with Crippen LogP contribution < -0.4 is 10.2 Å². The molecule has 0 aromatic heterocycles. The van der Waals surface area contributed by atoms with Crippen LogP contribution in [0, 0.1) is 11.2 Å². The fraction of sp³-hybridized carbons (Fsp3) is 0.0526. The molecule has 0 saturated carbocycles. The third kappa shape index (κ3) is 3.02. The number of carbonyl (C=O) groups is 1. The first-order valence-electron chi connectivity index (χ1n) is 7.83. The first-order chi connectivity index (χ1) is 12.5. The van der Waals surface area contributed by atoms with Crippen LogP contribution in [0.25, 0.3) is 5.70 Å². The molecular formula is C19H13ClFN3OS. The Morgan fingerprint density at radius 2 is 1.81 bits per heavy atom. The summed E-state index contributed by atoms with van der Waals surface area (Å²) in [4.78, 5) is 13.7. The zero-order valence-electron chi connectivity index (χ0n) is 13.4. The van der Waals surface area contributed by atoms with Crippen LogP contribution in [0.2, 0.25) is 5.02 Å². The second-order valence-corrected chi connectivity index (χ2v) is 7.14. The molecule has 0 unspecified atom stereocenters. The van der Waals surface area contributed by atoms with E-state index in [-0.39, 0.29) is 24.0 Å². The van der Waals surface area contributed by atoms with Crippen molar-refractivity contribution < 1.29 is 9.18 Å². The Kier molecular flexibility index (Phi) is 4.30. The largest absolute Gasteiger partial charge is 0.349 e. The van der Waals surface area contributed by atoms with E-state index in [0.717, 1.165) is 16.3 Å². The number of thioether (sulfide) groups is 1. The van der Waals surface area contributed by atoms with E-state index >= 15 is 0 Å². The lowest BCUT2D eigenvalue weighted by atomic mass is 10.1. The molecule has 7 heteroatoms. The van der Waals surface area contributed by atoms with Crippen LogP contribution in [0.5, 0.6) is 0 Å². The van der Waals surface area contributed by atoms with Gasteiger partial charge in [-0.15, -0.1) is 0 Å². The van der Waals surface area contributed by atoms with E-state index < -0.39 is 0 Å². The fourth-order valence-corrected chi connectivity index (χ4v) is 3.88. The summed E-state index contributed by atoms with van der Waals surface area (Å²) in [7, 11) is 0. The molecule has 2 heterocycles. The van der Waals surface area contributed by atoms with Crippen LogP contribution in [-0.4, -0.2) is 11.7 Å². The Hall–Kier alpha value is -2.57. The predicted molar refractivity (Wildman–Crippen MR) is 103 cm³/mol. The highest BCUT2D eigenvalue weighted by Crippen LogP contribution is 2.37. The number of hydrogen-bond donors (Lipinski definition) is 2. The number of anilines is 1. The molecular weight excluding hydrogens is 373 g/mol. The molecule has 2 N–H and O–H groups in total. The number of halogens is 2. The molecule has 2 aromatic rings. The molecule has 4 rings (SSSR count). The minimum absolute atomic E-state index is 0.113. The van der Waals surface area contributed by atoms with Crippen molar-refractivity contribution in [2.45, 2.75) is 6.42 Å². The van der Waals surface area contributed by atoms with Gasteiger partial charge in [0.05, 0.1) is 22.8 Å². The molecule has 26 heavy (non-hydrogen) atoms. The fourth-order valence-electron chi connectivity index (χ4n) is 2.84. The maximum absolute atomic E-state index is 13.1. The van der Waals surface area contributed by atoms with Gasteiger partial charge in [-0.1, -0.05) is 35.5 Å². The van der Waals surface area contributed by atoms with Gasteiger partial charge >= 0.3 is 0 Å². The Morgan fingerprint density at radius 3 is 2.50 bits per heavy atom. The van der Waals surface area contributed by atoms with Crippen molar-refractivity contribution in [3.05, 3.63) is 80.9 Å². The first kappa shape index (κ1) is 16.9. The summed E-state index contributed by atoms with van der Waals surface area (Å²) in [5, 5.41) is 15.1. The Labute approximate surface area is 158 Å². The number of amidine groups is 1. The number of nitrogens with one attached hydrogen (secondary N) is 2.